The normalized spacial score (nSPS) is 21.9. The summed E-state index contributed by atoms with van der Waals surface area (Å²) < 4.78 is 0. The van der Waals surface area contributed by atoms with Crippen molar-refractivity contribution >= 4 is 17.5 Å². The molecule has 0 aliphatic carbocycles. The van der Waals surface area contributed by atoms with Crippen molar-refractivity contribution in [2.45, 2.75) is 64.0 Å². The van der Waals surface area contributed by atoms with Crippen molar-refractivity contribution in [1.29, 1.82) is 0 Å². The number of rotatable bonds is 6. The molecule has 0 N–H and O–H groups in total. The summed E-state index contributed by atoms with van der Waals surface area (Å²) in [6.07, 6.45) is 8.19. The number of ketones is 1. The highest BCUT2D eigenvalue weighted by Crippen LogP contribution is 2.30. The van der Waals surface area contributed by atoms with Gasteiger partial charge in [0.25, 0.3) is 0 Å². The first-order chi connectivity index (χ1) is 7.29. The summed E-state index contributed by atoms with van der Waals surface area (Å²) in [4.78, 5) is 12.3. The Morgan fingerprint density at radius 2 is 1.93 bits per heavy atom. The van der Waals surface area contributed by atoms with Gasteiger partial charge in [-0.05, 0) is 31.4 Å². The Bertz CT molecular complexity index is 179. The Balaban J connectivity index is 2.45. The van der Waals surface area contributed by atoms with E-state index >= 15 is 0 Å². The van der Waals surface area contributed by atoms with Crippen LogP contribution in [0.4, 0.5) is 0 Å². The van der Waals surface area contributed by atoms with E-state index in [1.54, 1.807) is 0 Å². The van der Waals surface area contributed by atoms with Crippen molar-refractivity contribution in [1.82, 2.24) is 0 Å². The summed E-state index contributed by atoms with van der Waals surface area (Å²) >= 11 is 1.90. The molecule has 1 aliphatic heterocycles. The largest absolute Gasteiger partial charge is 0.298 e. The molecule has 0 saturated carbocycles. The minimum atomic E-state index is 0.335. The topological polar surface area (TPSA) is 17.1 Å². The standard InChI is InChI=1S/C13H24OS/c1-3-7-11(8-4-2)13(14)12-9-5-6-10-15-12/h11-12H,3-10H2,1-2H3. The summed E-state index contributed by atoms with van der Waals surface area (Å²) in [7, 11) is 0. The molecule has 1 unspecified atom stereocenters. The summed E-state index contributed by atoms with van der Waals surface area (Å²) in [5, 5.41) is 0.335. The maximum Gasteiger partial charge on any atom is 0.148 e. The molecule has 0 aromatic rings. The molecule has 1 atom stereocenters. The lowest BCUT2D eigenvalue weighted by Gasteiger charge is -2.24. The van der Waals surface area contributed by atoms with Gasteiger partial charge in [-0.15, -0.1) is 0 Å². The van der Waals surface area contributed by atoms with Gasteiger partial charge >= 0.3 is 0 Å². The lowest BCUT2D eigenvalue weighted by molar-refractivity contribution is -0.123. The Morgan fingerprint density at radius 3 is 2.40 bits per heavy atom. The van der Waals surface area contributed by atoms with Crippen LogP contribution in [0, 0.1) is 5.92 Å². The quantitative estimate of drug-likeness (QED) is 0.682. The van der Waals surface area contributed by atoms with Crippen molar-refractivity contribution in [2.24, 2.45) is 5.92 Å². The van der Waals surface area contributed by atoms with Crippen LogP contribution in [-0.4, -0.2) is 16.8 Å². The van der Waals surface area contributed by atoms with E-state index in [4.69, 9.17) is 0 Å². The first kappa shape index (κ1) is 13.1. The molecule has 0 amide bonds. The van der Waals surface area contributed by atoms with Crippen molar-refractivity contribution in [2.75, 3.05) is 5.75 Å². The highest BCUT2D eigenvalue weighted by molar-refractivity contribution is 8.00. The molecule has 1 saturated heterocycles. The average molecular weight is 228 g/mol. The van der Waals surface area contributed by atoms with Gasteiger partial charge in [-0.1, -0.05) is 33.1 Å². The Morgan fingerprint density at radius 1 is 1.27 bits per heavy atom. The van der Waals surface area contributed by atoms with E-state index in [0.717, 1.165) is 32.1 Å². The third-order valence-electron chi connectivity index (χ3n) is 3.17. The smallest absolute Gasteiger partial charge is 0.148 e. The third-order valence-corrected chi connectivity index (χ3v) is 4.57. The Labute approximate surface area is 98.4 Å². The monoisotopic (exact) mass is 228 g/mol. The zero-order chi connectivity index (χ0) is 11.1. The van der Waals surface area contributed by atoms with Crippen molar-refractivity contribution in [3.63, 3.8) is 0 Å². The van der Waals surface area contributed by atoms with E-state index in [-0.39, 0.29) is 0 Å². The highest BCUT2D eigenvalue weighted by Gasteiger charge is 2.27. The fourth-order valence-electron chi connectivity index (χ4n) is 2.35. The van der Waals surface area contributed by atoms with E-state index in [1.165, 1.54) is 18.6 Å². The van der Waals surface area contributed by atoms with Gasteiger partial charge in [0.15, 0.2) is 0 Å². The van der Waals surface area contributed by atoms with Gasteiger partial charge in [-0.3, -0.25) is 4.79 Å². The van der Waals surface area contributed by atoms with Crippen LogP contribution in [0.3, 0.4) is 0 Å². The molecule has 0 radical (unpaired) electrons. The van der Waals surface area contributed by atoms with E-state index in [9.17, 15) is 4.79 Å². The molecular weight excluding hydrogens is 204 g/mol. The van der Waals surface area contributed by atoms with Gasteiger partial charge < -0.3 is 0 Å². The lowest BCUT2D eigenvalue weighted by Crippen LogP contribution is -2.28. The molecule has 1 aliphatic rings. The fourth-order valence-corrected chi connectivity index (χ4v) is 3.70. The second kappa shape index (κ2) is 7.32. The van der Waals surface area contributed by atoms with Gasteiger partial charge in [0.2, 0.25) is 0 Å². The van der Waals surface area contributed by atoms with Crippen LogP contribution in [0.2, 0.25) is 0 Å². The van der Waals surface area contributed by atoms with Crippen molar-refractivity contribution in [3.8, 4) is 0 Å². The van der Waals surface area contributed by atoms with E-state index in [2.05, 4.69) is 13.8 Å². The number of carbonyl (C=O) groups excluding carboxylic acids is 1. The highest BCUT2D eigenvalue weighted by atomic mass is 32.2. The van der Waals surface area contributed by atoms with Crippen LogP contribution >= 0.6 is 11.8 Å². The summed E-state index contributed by atoms with van der Waals surface area (Å²) in [5.41, 5.74) is 0. The molecular formula is C13H24OS. The molecule has 15 heavy (non-hydrogen) atoms. The minimum Gasteiger partial charge on any atom is -0.298 e. The second-order valence-corrected chi connectivity index (χ2v) is 5.84. The summed E-state index contributed by atoms with van der Waals surface area (Å²) in [6, 6.07) is 0. The average Bonchev–Trinajstić information content (AvgIpc) is 2.29. The summed E-state index contributed by atoms with van der Waals surface area (Å²) in [5.74, 6) is 2.11. The second-order valence-electron chi connectivity index (χ2n) is 4.53. The van der Waals surface area contributed by atoms with Gasteiger partial charge in [0, 0.05) is 5.92 Å². The van der Waals surface area contributed by atoms with Crippen LogP contribution in [0.5, 0.6) is 0 Å². The van der Waals surface area contributed by atoms with Crippen LogP contribution in [0.1, 0.15) is 58.8 Å². The predicted molar refractivity (Wildman–Crippen MR) is 68.4 cm³/mol. The number of hydrogen-bond donors (Lipinski definition) is 0. The first-order valence-electron chi connectivity index (χ1n) is 6.44. The molecule has 1 heterocycles. The van der Waals surface area contributed by atoms with Crippen LogP contribution in [0.25, 0.3) is 0 Å². The van der Waals surface area contributed by atoms with Gasteiger partial charge in [-0.2, -0.15) is 11.8 Å². The predicted octanol–water partition coefficient (Wildman–Crippen LogP) is 4.06. The lowest BCUT2D eigenvalue weighted by atomic mass is 9.90. The molecule has 0 spiro atoms. The van der Waals surface area contributed by atoms with Crippen molar-refractivity contribution < 1.29 is 4.79 Å². The molecule has 1 nitrogen and oxygen atoms in total. The van der Waals surface area contributed by atoms with Crippen molar-refractivity contribution in [3.05, 3.63) is 0 Å². The molecule has 1 rings (SSSR count). The Hall–Kier alpha value is 0.0200. The van der Waals surface area contributed by atoms with Crippen LogP contribution < -0.4 is 0 Å². The van der Waals surface area contributed by atoms with E-state index in [1.807, 2.05) is 11.8 Å². The summed E-state index contributed by atoms with van der Waals surface area (Å²) in [6.45, 7) is 4.37. The minimum absolute atomic E-state index is 0.335. The number of hydrogen-bond acceptors (Lipinski definition) is 2. The molecule has 0 aromatic carbocycles. The number of thioether (sulfide) groups is 1. The number of carbonyl (C=O) groups is 1. The SMILES string of the molecule is CCCC(CCC)C(=O)C1CCCCS1. The molecule has 0 aromatic heterocycles. The van der Waals surface area contributed by atoms with E-state index < -0.39 is 0 Å². The van der Waals surface area contributed by atoms with Crippen LogP contribution in [0.15, 0.2) is 0 Å². The third kappa shape index (κ3) is 4.18. The van der Waals surface area contributed by atoms with E-state index in [0.29, 0.717) is 17.0 Å². The zero-order valence-corrected chi connectivity index (χ0v) is 10.9. The van der Waals surface area contributed by atoms with Gasteiger partial charge in [0.05, 0.1) is 5.25 Å². The fraction of sp³-hybridized carbons (Fsp3) is 0.923. The van der Waals surface area contributed by atoms with Gasteiger partial charge in [-0.25, -0.2) is 0 Å². The first-order valence-corrected chi connectivity index (χ1v) is 7.49. The van der Waals surface area contributed by atoms with Gasteiger partial charge in [0.1, 0.15) is 5.78 Å². The zero-order valence-electron chi connectivity index (χ0n) is 10.1. The maximum atomic E-state index is 12.3. The molecule has 1 fully saturated rings. The van der Waals surface area contributed by atoms with Crippen LogP contribution in [-0.2, 0) is 4.79 Å². The maximum absolute atomic E-state index is 12.3. The molecule has 0 bridgehead atoms. The molecule has 2 heteroatoms. The molecule has 88 valence electrons. The number of Topliss-reactive ketones (excluding diaryl/α,β-unsaturated/α-hetero) is 1. The Kier molecular flexibility index (Phi) is 6.39.